The van der Waals surface area contributed by atoms with Crippen LogP contribution in [0.25, 0.3) is 0 Å². The summed E-state index contributed by atoms with van der Waals surface area (Å²) in [6.45, 7) is 3.70. The molecule has 0 unspecified atom stereocenters. The van der Waals surface area contributed by atoms with Crippen LogP contribution in [0.15, 0.2) is 29.2 Å². The number of nitrogens with zero attached hydrogens (tertiary/aromatic N) is 1. The normalized spacial score (nSPS) is 11.4. The average Bonchev–Trinajstić information content (AvgIpc) is 2.25. The first-order valence-corrected chi connectivity index (χ1v) is 6.68. The smallest absolute Gasteiger partial charge is 0.254 e. The SMILES string of the molecule is CSc1ccccc1C(=O)N(C)CC(C)(C)O. The molecule has 3 nitrogen and oxygen atoms in total. The van der Waals surface area contributed by atoms with Gasteiger partial charge < -0.3 is 10.0 Å². The van der Waals surface area contributed by atoms with E-state index in [0.717, 1.165) is 4.90 Å². The molecule has 1 amide bonds. The van der Waals surface area contributed by atoms with Crippen molar-refractivity contribution in [2.45, 2.75) is 24.3 Å². The van der Waals surface area contributed by atoms with Gasteiger partial charge >= 0.3 is 0 Å². The van der Waals surface area contributed by atoms with Crippen LogP contribution < -0.4 is 0 Å². The van der Waals surface area contributed by atoms with Gasteiger partial charge in [-0.3, -0.25) is 4.79 Å². The molecule has 4 heteroatoms. The molecule has 0 saturated heterocycles. The van der Waals surface area contributed by atoms with Crippen molar-refractivity contribution in [2.24, 2.45) is 0 Å². The Kier molecular flexibility index (Phi) is 4.60. The summed E-state index contributed by atoms with van der Waals surface area (Å²) >= 11 is 1.55. The van der Waals surface area contributed by atoms with Gasteiger partial charge in [0.2, 0.25) is 0 Å². The third-order valence-electron chi connectivity index (χ3n) is 2.31. The quantitative estimate of drug-likeness (QED) is 0.837. The van der Waals surface area contributed by atoms with E-state index in [1.165, 1.54) is 0 Å². The fraction of sp³-hybridized carbons (Fsp3) is 0.462. The summed E-state index contributed by atoms with van der Waals surface area (Å²) in [5, 5.41) is 9.71. The minimum absolute atomic E-state index is 0.0583. The van der Waals surface area contributed by atoms with Crippen LogP contribution in [-0.4, -0.2) is 41.4 Å². The molecular formula is C13H19NO2S. The van der Waals surface area contributed by atoms with Crippen molar-refractivity contribution in [3.63, 3.8) is 0 Å². The first-order chi connectivity index (χ1) is 7.85. The maximum atomic E-state index is 12.2. The topological polar surface area (TPSA) is 40.5 Å². The third kappa shape index (κ3) is 4.06. The molecule has 0 spiro atoms. The third-order valence-corrected chi connectivity index (χ3v) is 3.10. The Balaban J connectivity index is 2.89. The molecule has 0 bridgehead atoms. The van der Waals surface area contributed by atoms with E-state index >= 15 is 0 Å². The van der Waals surface area contributed by atoms with Gasteiger partial charge in [0.25, 0.3) is 5.91 Å². The van der Waals surface area contributed by atoms with E-state index < -0.39 is 5.60 Å². The Bertz CT molecular complexity index is 399. The van der Waals surface area contributed by atoms with Crippen LogP contribution in [0.1, 0.15) is 24.2 Å². The number of carbonyl (C=O) groups excluding carboxylic acids is 1. The molecular weight excluding hydrogens is 234 g/mol. The summed E-state index contributed by atoms with van der Waals surface area (Å²) in [5.41, 5.74) is -0.189. The van der Waals surface area contributed by atoms with Gasteiger partial charge in [-0.25, -0.2) is 0 Å². The van der Waals surface area contributed by atoms with Gasteiger partial charge in [-0.05, 0) is 32.2 Å². The number of likely N-dealkylation sites (N-methyl/N-ethyl adjacent to an activating group) is 1. The number of benzene rings is 1. The highest BCUT2D eigenvalue weighted by atomic mass is 32.2. The molecule has 17 heavy (non-hydrogen) atoms. The fourth-order valence-corrected chi connectivity index (χ4v) is 2.27. The lowest BCUT2D eigenvalue weighted by molar-refractivity contribution is 0.0366. The van der Waals surface area contributed by atoms with Crippen LogP contribution in [0.4, 0.5) is 0 Å². The van der Waals surface area contributed by atoms with Crippen molar-refractivity contribution in [3.8, 4) is 0 Å². The number of hydrogen-bond acceptors (Lipinski definition) is 3. The molecule has 0 heterocycles. The summed E-state index contributed by atoms with van der Waals surface area (Å²) in [6, 6.07) is 7.51. The second-order valence-corrected chi connectivity index (χ2v) is 5.52. The van der Waals surface area contributed by atoms with Gasteiger partial charge in [-0.2, -0.15) is 0 Å². The molecule has 1 aromatic carbocycles. The Morgan fingerprint density at radius 3 is 2.53 bits per heavy atom. The van der Waals surface area contributed by atoms with Crippen molar-refractivity contribution in [1.29, 1.82) is 0 Å². The lowest BCUT2D eigenvalue weighted by Crippen LogP contribution is -2.39. The molecule has 1 aromatic rings. The average molecular weight is 253 g/mol. The summed E-state index contributed by atoms with van der Waals surface area (Å²) in [4.78, 5) is 14.7. The van der Waals surface area contributed by atoms with Gasteiger partial charge in [0, 0.05) is 18.5 Å². The van der Waals surface area contributed by atoms with E-state index in [0.29, 0.717) is 12.1 Å². The van der Waals surface area contributed by atoms with Gasteiger partial charge in [-0.15, -0.1) is 11.8 Å². The van der Waals surface area contributed by atoms with Crippen LogP contribution in [0, 0.1) is 0 Å². The van der Waals surface area contributed by atoms with Gasteiger partial charge in [0.15, 0.2) is 0 Å². The minimum Gasteiger partial charge on any atom is -0.389 e. The fourth-order valence-electron chi connectivity index (χ4n) is 1.68. The lowest BCUT2D eigenvalue weighted by Gasteiger charge is -2.26. The summed E-state index contributed by atoms with van der Waals surface area (Å²) in [6.07, 6.45) is 1.95. The highest BCUT2D eigenvalue weighted by molar-refractivity contribution is 7.98. The molecule has 94 valence electrons. The zero-order valence-electron chi connectivity index (χ0n) is 10.7. The number of carbonyl (C=O) groups is 1. The molecule has 0 aliphatic carbocycles. The Labute approximate surface area is 107 Å². The van der Waals surface area contributed by atoms with Crippen molar-refractivity contribution >= 4 is 17.7 Å². The van der Waals surface area contributed by atoms with Gasteiger partial charge in [0.05, 0.1) is 11.2 Å². The number of aliphatic hydroxyl groups is 1. The van der Waals surface area contributed by atoms with Gasteiger partial charge in [-0.1, -0.05) is 12.1 Å². The molecule has 0 aliphatic heterocycles. The molecule has 0 fully saturated rings. The van der Waals surface area contributed by atoms with Gasteiger partial charge in [0.1, 0.15) is 0 Å². The summed E-state index contributed by atoms with van der Waals surface area (Å²) in [5.74, 6) is -0.0583. The Morgan fingerprint density at radius 1 is 1.41 bits per heavy atom. The van der Waals surface area contributed by atoms with Crippen molar-refractivity contribution in [1.82, 2.24) is 4.90 Å². The monoisotopic (exact) mass is 253 g/mol. The van der Waals surface area contributed by atoms with Crippen molar-refractivity contribution in [2.75, 3.05) is 19.8 Å². The van der Waals surface area contributed by atoms with Crippen LogP contribution in [0.5, 0.6) is 0 Å². The van der Waals surface area contributed by atoms with Crippen molar-refractivity contribution < 1.29 is 9.90 Å². The zero-order chi connectivity index (χ0) is 13.1. The maximum absolute atomic E-state index is 12.2. The highest BCUT2D eigenvalue weighted by Gasteiger charge is 2.21. The highest BCUT2D eigenvalue weighted by Crippen LogP contribution is 2.21. The first kappa shape index (κ1) is 14.1. The van der Waals surface area contributed by atoms with Crippen LogP contribution in [0.3, 0.4) is 0 Å². The molecule has 1 rings (SSSR count). The lowest BCUT2D eigenvalue weighted by atomic mass is 10.1. The molecule has 0 radical (unpaired) electrons. The molecule has 1 N–H and O–H groups in total. The predicted octanol–water partition coefficient (Wildman–Crippen LogP) is 2.25. The van der Waals surface area contributed by atoms with E-state index in [-0.39, 0.29) is 5.91 Å². The first-order valence-electron chi connectivity index (χ1n) is 5.46. The van der Waals surface area contributed by atoms with Crippen molar-refractivity contribution in [3.05, 3.63) is 29.8 Å². The van der Waals surface area contributed by atoms with E-state index in [4.69, 9.17) is 0 Å². The number of rotatable bonds is 4. The largest absolute Gasteiger partial charge is 0.389 e. The molecule has 0 aromatic heterocycles. The van der Waals surface area contributed by atoms with E-state index in [1.54, 1.807) is 37.6 Å². The number of hydrogen-bond donors (Lipinski definition) is 1. The molecule has 0 saturated carbocycles. The Morgan fingerprint density at radius 2 is 2.00 bits per heavy atom. The minimum atomic E-state index is -0.876. The second kappa shape index (κ2) is 5.56. The summed E-state index contributed by atoms with van der Waals surface area (Å²) in [7, 11) is 1.71. The van der Waals surface area contributed by atoms with E-state index in [2.05, 4.69) is 0 Å². The second-order valence-electron chi connectivity index (χ2n) is 4.67. The zero-order valence-corrected chi connectivity index (χ0v) is 11.5. The van der Waals surface area contributed by atoms with Crippen LogP contribution >= 0.6 is 11.8 Å². The summed E-state index contributed by atoms with van der Waals surface area (Å²) < 4.78 is 0. The van der Waals surface area contributed by atoms with E-state index in [9.17, 15) is 9.90 Å². The maximum Gasteiger partial charge on any atom is 0.254 e. The van der Waals surface area contributed by atoms with Crippen LogP contribution in [-0.2, 0) is 0 Å². The molecule has 0 atom stereocenters. The number of thioether (sulfide) groups is 1. The van der Waals surface area contributed by atoms with Crippen LogP contribution in [0.2, 0.25) is 0 Å². The standard InChI is InChI=1S/C13H19NO2S/c1-13(2,16)9-14(3)12(15)10-7-5-6-8-11(10)17-4/h5-8,16H,9H2,1-4H3. The molecule has 0 aliphatic rings. The van der Waals surface area contributed by atoms with E-state index in [1.807, 2.05) is 30.5 Å². The predicted molar refractivity (Wildman–Crippen MR) is 71.5 cm³/mol. The number of amides is 1. The Hall–Kier alpha value is -1.00.